The lowest BCUT2D eigenvalue weighted by atomic mass is 9.75. The Bertz CT molecular complexity index is 839. The molecule has 2 N–H and O–H groups in total. The molecule has 1 heterocycles. The number of nitro groups is 2. The normalized spacial score (nSPS) is 26.1. The fraction of sp³-hybridized carbons (Fsp3) is 0.316. The van der Waals surface area contributed by atoms with Gasteiger partial charge in [-0.25, -0.2) is 0 Å². The van der Waals surface area contributed by atoms with Gasteiger partial charge in [0.1, 0.15) is 0 Å². The molecule has 146 valence electrons. The van der Waals surface area contributed by atoms with Crippen molar-refractivity contribution >= 4 is 17.1 Å². The second-order valence-corrected chi connectivity index (χ2v) is 6.92. The zero-order valence-corrected chi connectivity index (χ0v) is 15.4. The summed E-state index contributed by atoms with van der Waals surface area (Å²) in [5.41, 5.74) is 2.27. The standard InChI is InChI=1S/C19H20N4O5/c1-11-17(21-24)12(2)19(14-5-9-16(10-6-14)23(27)28)20-18(11)13-3-7-15(8-4-13)22(25)26/h3-12,18-20,24H,1-2H3/t11-,12+,18+,19-. The third-order valence-corrected chi connectivity index (χ3v) is 5.33. The molecule has 9 nitrogen and oxygen atoms in total. The van der Waals surface area contributed by atoms with E-state index in [9.17, 15) is 25.4 Å². The van der Waals surface area contributed by atoms with Crippen molar-refractivity contribution in [1.29, 1.82) is 0 Å². The minimum atomic E-state index is -0.454. The predicted octanol–water partition coefficient (Wildman–Crippen LogP) is 3.99. The van der Waals surface area contributed by atoms with Gasteiger partial charge < -0.3 is 10.5 Å². The molecule has 28 heavy (non-hydrogen) atoms. The van der Waals surface area contributed by atoms with Crippen molar-refractivity contribution in [3.8, 4) is 0 Å². The van der Waals surface area contributed by atoms with E-state index >= 15 is 0 Å². The molecule has 0 bridgehead atoms. The van der Waals surface area contributed by atoms with Crippen LogP contribution >= 0.6 is 0 Å². The monoisotopic (exact) mass is 384 g/mol. The lowest BCUT2D eigenvalue weighted by Gasteiger charge is -2.41. The first-order valence-corrected chi connectivity index (χ1v) is 8.80. The average molecular weight is 384 g/mol. The Balaban J connectivity index is 1.95. The van der Waals surface area contributed by atoms with Crippen LogP contribution in [-0.4, -0.2) is 20.8 Å². The Morgan fingerprint density at radius 2 is 1.18 bits per heavy atom. The first kappa shape index (κ1) is 19.4. The molecular formula is C19H20N4O5. The van der Waals surface area contributed by atoms with E-state index in [2.05, 4.69) is 10.5 Å². The van der Waals surface area contributed by atoms with Crippen molar-refractivity contribution in [3.63, 3.8) is 0 Å². The smallest absolute Gasteiger partial charge is 0.269 e. The van der Waals surface area contributed by atoms with Gasteiger partial charge in [0.25, 0.3) is 11.4 Å². The maximum atomic E-state index is 10.9. The highest BCUT2D eigenvalue weighted by Gasteiger charge is 2.39. The summed E-state index contributed by atoms with van der Waals surface area (Å²) in [7, 11) is 0. The van der Waals surface area contributed by atoms with Crippen molar-refractivity contribution in [2.45, 2.75) is 25.9 Å². The predicted molar refractivity (Wildman–Crippen MR) is 102 cm³/mol. The molecule has 1 saturated heterocycles. The van der Waals surface area contributed by atoms with Gasteiger partial charge in [0, 0.05) is 48.2 Å². The second kappa shape index (κ2) is 7.73. The number of benzene rings is 2. The average Bonchev–Trinajstić information content (AvgIpc) is 2.69. The number of hydrogen-bond acceptors (Lipinski definition) is 7. The quantitative estimate of drug-likeness (QED) is 0.465. The SMILES string of the molecule is C[C@@H]1C(=NO)[C@H](C)[C@H](c2ccc([N+](=O)[O-])cc2)N[C@@H]1c1ccc([N+](=O)[O-])cc1. The Hall–Kier alpha value is -3.33. The van der Waals surface area contributed by atoms with Crippen molar-refractivity contribution in [1.82, 2.24) is 5.32 Å². The first-order chi connectivity index (χ1) is 13.3. The fourth-order valence-corrected chi connectivity index (χ4v) is 3.80. The minimum Gasteiger partial charge on any atom is -0.411 e. The molecule has 0 saturated carbocycles. The van der Waals surface area contributed by atoms with Crippen LogP contribution < -0.4 is 5.32 Å². The van der Waals surface area contributed by atoms with Crippen molar-refractivity contribution < 1.29 is 15.1 Å². The van der Waals surface area contributed by atoms with E-state index in [4.69, 9.17) is 0 Å². The Labute approximate surface area is 161 Å². The Morgan fingerprint density at radius 3 is 1.46 bits per heavy atom. The van der Waals surface area contributed by atoms with Crippen LogP contribution in [0.2, 0.25) is 0 Å². The van der Waals surface area contributed by atoms with Gasteiger partial charge >= 0.3 is 0 Å². The van der Waals surface area contributed by atoms with E-state index in [0.717, 1.165) is 11.1 Å². The molecule has 1 aliphatic heterocycles. The van der Waals surface area contributed by atoms with Gasteiger partial charge in [0.15, 0.2) is 0 Å². The van der Waals surface area contributed by atoms with E-state index in [1.54, 1.807) is 24.3 Å². The number of nitrogens with one attached hydrogen (secondary N) is 1. The summed E-state index contributed by atoms with van der Waals surface area (Å²) in [5.74, 6) is -0.286. The van der Waals surface area contributed by atoms with Crippen molar-refractivity contribution in [2.75, 3.05) is 0 Å². The largest absolute Gasteiger partial charge is 0.411 e. The van der Waals surface area contributed by atoms with Crippen LogP contribution in [-0.2, 0) is 0 Å². The number of nitrogens with zero attached hydrogens (tertiary/aromatic N) is 3. The van der Waals surface area contributed by atoms with Gasteiger partial charge in [0.2, 0.25) is 0 Å². The fourth-order valence-electron chi connectivity index (χ4n) is 3.80. The maximum Gasteiger partial charge on any atom is 0.269 e. The van der Waals surface area contributed by atoms with Crippen LogP contribution in [0.4, 0.5) is 11.4 Å². The number of non-ortho nitro benzene ring substituents is 2. The number of oxime groups is 1. The van der Waals surface area contributed by atoms with Gasteiger partial charge in [0.05, 0.1) is 15.6 Å². The lowest BCUT2D eigenvalue weighted by Crippen LogP contribution is -2.46. The molecule has 9 heteroatoms. The summed E-state index contributed by atoms with van der Waals surface area (Å²) in [4.78, 5) is 20.9. The molecular weight excluding hydrogens is 364 g/mol. The summed E-state index contributed by atoms with van der Waals surface area (Å²) < 4.78 is 0. The molecule has 3 rings (SSSR count). The van der Waals surface area contributed by atoms with Crippen LogP contribution in [0.1, 0.15) is 37.1 Å². The third-order valence-electron chi connectivity index (χ3n) is 5.33. The molecule has 1 fully saturated rings. The first-order valence-electron chi connectivity index (χ1n) is 8.80. The molecule has 0 aliphatic carbocycles. The number of hydrogen-bond donors (Lipinski definition) is 2. The molecule has 4 atom stereocenters. The second-order valence-electron chi connectivity index (χ2n) is 6.92. The maximum absolute atomic E-state index is 10.9. The van der Waals surface area contributed by atoms with Gasteiger partial charge in [-0.1, -0.05) is 43.3 Å². The Kier molecular flexibility index (Phi) is 5.36. The highest BCUT2D eigenvalue weighted by molar-refractivity contribution is 5.90. The van der Waals surface area contributed by atoms with Crippen LogP contribution in [0, 0.1) is 32.1 Å². The summed E-state index contributed by atoms with van der Waals surface area (Å²) in [6, 6.07) is 12.0. The molecule has 0 aromatic heterocycles. The lowest BCUT2D eigenvalue weighted by molar-refractivity contribution is -0.385. The van der Waals surface area contributed by atoms with Gasteiger partial charge in [-0.2, -0.15) is 0 Å². The van der Waals surface area contributed by atoms with Crippen LogP contribution in [0.5, 0.6) is 0 Å². The summed E-state index contributed by atoms with van der Waals surface area (Å²) >= 11 is 0. The molecule has 0 radical (unpaired) electrons. The zero-order chi connectivity index (χ0) is 20.4. The van der Waals surface area contributed by atoms with Crippen LogP contribution in [0.15, 0.2) is 53.7 Å². The molecule has 0 amide bonds. The van der Waals surface area contributed by atoms with E-state index < -0.39 is 9.85 Å². The van der Waals surface area contributed by atoms with E-state index in [0.29, 0.717) is 5.71 Å². The molecule has 2 aromatic carbocycles. The highest BCUT2D eigenvalue weighted by Crippen LogP contribution is 2.39. The van der Waals surface area contributed by atoms with E-state index in [1.165, 1.54) is 24.3 Å². The van der Waals surface area contributed by atoms with Crippen molar-refractivity contribution in [3.05, 3.63) is 79.9 Å². The zero-order valence-electron chi connectivity index (χ0n) is 15.4. The number of piperidine rings is 1. The van der Waals surface area contributed by atoms with E-state index in [1.807, 2.05) is 13.8 Å². The Morgan fingerprint density at radius 1 is 0.821 bits per heavy atom. The van der Waals surface area contributed by atoms with Gasteiger partial charge in [-0.05, 0) is 11.1 Å². The minimum absolute atomic E-state index is 0.00329. The number of rotatable bonds is 4. The molecule has 0 unspecified atom stereocenters. The van der Waals surface area contributed by atoms with E-state index in [-0.39, 0.29) is 35.3 Å². The summed E-state index contributed by atoms with van der Waals surface area (Å²) in [6.07, 6.45) is 0. The van der Waals surface area contributed by atoms with Gasteiger partial charge in [-0.3, -0.25) is 20.2 Å². The van der Waals surface area contributed by atoms with Crippen molar-refractivity contribution in [2.24, 2.45) is 17.0 Å². The van der Waals surface area contributed by atoms with Crippen LogP contribution in [0.25, 0.3) is 0 Å². The highest BCUT2D eigenvalue weighted by atomic mass is 16.6. The van der Waals surface area contributed by atoms with Crippen LogP contribution in [0.3, 0.4) is 0 Å². The molecule has 0 spiro atoms. The summed E-state index contributed by atoms with van der Waals surface area (Å²) in [5, 5.41) is 38.4. The topological polar surface area (TPSA) is 131 Å². The summed E-state index contributed by atoms with van der Waals surface area (Å²) in [6.45, 7) is 3.85. The molecule has 2 aromatic rings. The third kappa shape index (κ3) is 3.56. The molecule has 1 aliphatic rings. The number of nitro benzene ring substituents is 2. The van der Waals surface area contributed by atoms with Gasteiger partial charge in [-0.15, -0.1) is 0 Å².